The van der Waals surface area contributed by atoms with Gasteiger partial charge in [-0.2, -0.15) is 10.2 Å². The molecule has 0 spiro atoms. The number of esters is 1. The van der Waals surface area contributed by atoms with Gasteiger partial charge in [-0.1, -0.05) is 17.7 Å². The maximum Gasteiger partial charge on any atom is 0.340 e. The Kier molecular flexibility index (Phi) is 4.51. The highest BCUT2D eigenvalue weighted by Crippen LogP contribution is 2.14. The van der Waals surface area contributed by atoms with E-state index in [1.165, 1.54) is 14.0 Å². The molecule has 0 amide bonds. The highest BCUT2D eigenvalue weighted by atomic mass is 16.5. The standard InChI is InChI=1S/C12H14N2O3/c1-8-4-6-10(7-5-8)13-14-11(9(2)15)12(16)17-3/h4-7,11H,1-3H3/t11-/m0/s1. The lowest BCUT2D eigenvalue weighted by Crippen LogP contribution is -2.26. The largest absolute Gasteiger partial charge is 0.467 e. The molecular weight excluding hydrogens is 220 g/mol. The normalized spacial score (nSPS) is 12.4. The van der Waals surface area contributed by atoms with E-state index in [-0.39, 0.29) is 0 Å². The molecule has 0 aliphatic carbocycles. The smallest absolute Gasteiger partial charge is 0.340 e. The van der Waals surface area contributed by atoms with Gasteiger partial charge in [0.15, 0.2) is 5.78 Å². The molecule has 17 heavy (non-hydrogen) atoms. The van der Waals surface area contributed by atoms with Gasteiger partial charge in [-0.15, -0.1) is 0 Å². The molecule has 0 radical (unpaired) electrons. The third kappa shape index (κ3) is 3.79. The Morgan fingerprint density at radius 1 is 1.24 bits per heavy atom. The van der Waals surface area contributed by atoms with Crippen LogP contribution in [0.15, 0.2) is 34.5 Å². The average Bonchev–Trinajstić information content (AvgIpc) is 2.31. The van der Waals surface area contributed by atoms with Crippen molar-refractivity contribution in [3.8, 4) is 0 Å². The zero-order chi connectivity index (χ0) is 12.8. The monoisotopic (exact) mass is 234 g/mol. The van der Waals surface area contributed by atoms with E-state index >= 15 is 0 Å². The summed E-state index contributed by atoms with van der Waals surface area (Å²) in [5, 5.41) is 7.54. The molecule has 0 fully saturated rings. The van der Waals surface area contributed by atoms with E-state index in [0.29, 0.717) is 5.69 Å². The molecule has 0 bridgehead atoms. The van der Waals surface area contributed by atoms with Crippen molar-refractivity contribution in [3.63, 3.8) is 0 Å². The molecule has 0 saturated carbocycles. The minimum Gasteiger partial charge on any atom is -0.467 e. The number of ether oxygens (including phenoxy) is 1. The summed E-state index contributed by atoms with van der Waals surface area (Å²) in [5.74, 6) is -1.10. The third-order valence-electron chi connectivity index (χ3n) is 2.13. The van der Waals surface area contributed by atoms with Crippen LogP contribution in [-0.4, -0.2) is 24.9 Å². The molecule has 0 aliphatic heterocycles. The summed E-state index contributed by atoms with van der Waals surface area (Å²) in [6, 6.07) is 6.08. The first-order chi connectivity index (χ1) is 8.04. The Balaban J connectivity index is 2.83. The first-order valence-electron chi connectivity index (χ1n) is 5.10. The average molecular weight is 234 g/mol. The zero-order valence-corrected chi connectivity index (χ0v) is 10.0. The molecule has 1 rings (SSSR count). The van der Waals surface area contributed by atoms with Crippen molar-refractivity contribution in [2.45, 2.75) is 19.9 Å². The van der Waals surface area contributed by atoms with Crippen molar-refractivity contribution in [1.29, 1.82) is 0 Å². The highest BCUT2D eigenvalue weighted by Gasteiger charge is 2.23. The number of hydrogen-bond donors (Lipinski definition) is 0. The van der Waals surface area contributed by atoms with Crippen molar-refractivity contribution in [2.75, 3.05) is 7.11 Å². The number of hydrogen-bond acceptors (Lipinski definition) is 5. The van der Waals surface area contributed by atoms with Crippen molar-refractivity contribution >= 4 is 17.4 Å². The summed E-state index contributed by atoms with van der Waals surface area (Å²) in [5.41, 5.74) is 1.69. The Morgan fingerprint density at radius 3 is 2.29 bits per heavy atom. The lowest BCUT2D eigenvalue weighted by atomic mass is 10.2. The molecule has 0 N–H and O–H groups in total. The Morgan fingerprint density at radius 2 is 1.82 bits per heavy atom. The fourth-order valence-corrected chi connectivity index (χ4v) is 1.14. The molecule has 0 heterocycles. The van der Waals surface area contributed by atoms with Gasteiger partial charge >= 0.3 is 5.97 Å². The molecule has 5 heteroatoms. The minimum atomic E-state index is -1.18. The second-order valence-corrected chi connectivity index (χ2v) is 3.59. The minimum absolute atomic E-state index is 0.396. The summed E-state index contributed by atoms with van der Waals surface area (Å²) >= 11 is 0. The van der Waals surface area contributed by atoms with Crippen LogP contribution in [0.2, 0.25) is 0 Å². The predicted molar refractivity (Wildman–Crippen MR) is 62.2 cm³/mol. The van der Waals surface area contributed by atoms with Gasteiger partial charge in [0.25, 0.3) is 0 Å². The molecule has 0 unspecified atom stereocenters. The lowest BCUT2D eigenvalue weighted by molar-refractivity contribution is -0.144. The summed E-state index contributed by atoms with van der Waals surface area (Å²) in [4.78, 5) is 22.4. The summed E-state index contributed by atoms with van der Waals surface area (Å²) in [6.07, 6.45) is 0. The number of carbonyl (C=O) groups excluding carboxylic acids is 2. The molecule has 5 nitrogen and oxygen atoms in total. The Bertz CT molecular complexity index is 438. The molecule has 0 aromatic heterocycles. The topological polar surface area (TPSA) is 68.1 Å². The SMILES string of the molecule is COC(=O)[C@@H](N=Nc1ccc(C)cc1)C(C)=O. The number of benzene rings is 1. The van der Waals surface area contributed by atoms with Gasteiger partial charge in [-0.25, -0.2) is 4.79 Å². The number of nitrogens with zero attached hydrogens (tertiary/aromatic N) is 2. The molecule has 1 aromatic rings. The maximum absolute atomic E-state index is 11.2. The highest BCUT2D eigenvalue weighted by molar-refractivity contribution is 6.01. The number of carbonyl (C=O) groups is 2. The van der Waals surface area contributed by atoms with Crippen LogP contribution in [0.4, 0.5) is 5.69 Å². The number of rotatable bonds is 4. The van der Waals surface area contributed by atoms with Crippen molar-refractivity contribution in [3.05, 3.63) is 29.8 Å². The van der Waals surface area contributed by atoms with Gasteiger partial charge in [-0.05, 0) is 26.0 Å². The first kappa shape index (κ1) is 13.0. The van der Waals surface area contributed by atoms with E-state index in [4.69, 9.17) is 0 Å². The molecular formula is C12H14N2O3. The lowest BCUT2D eigenvalue weighted by Gasteiger charge is -2.04. The van der Waals surface area contributed by atoms with Crippen molar-refractivity contribution in [2.24, 2.45) is 10.2 Å². The second-order valence-electron chi connectivity index (χ2n) is 3.59. The van der Waals surface area contributed by atoms with Crippen molar-refractivity contribution in [1.82, 2.24) is 0 Å². The molecule has 0 aliphatic rings. The van der Waals surface area contributed by atoms with Crippen LogP contribution in [0.3, 0.4) is 0 Å². The number of Topliss-reactive ketones (excluding diaryl/α,β-unsaturated/α-hetero) is 1. The van der Waals surface area contributed by atoms with Crippen molar-refractivity contribution < 1.29 is 14.3 Å². The van der Waals surface area contributed by atoms with E-state index < -0.39 is 17.8 Å². The molecule has 0 saturated heterocycles. The quantitative estimate of drug-likeness (QED) is 0.455. The van der Waals surface area contributed by atoms with E-state index in [1.54, 1.807) is 12.1 Å². The van der Waals surface area contributed by atoms with Gasteiger partial charge in [0.1, 0.15) is 0 Å². The Hall–Kier alpha value is -2.04. The fourth-order valence-electron chi connectivity index (χ4n) is 1.14. The molecule has 1 atom stereocenters. The van der Waals surface area contributed by atoms with Crippen LogP contribution in [0, 0.1) is 6.92 Å². The summed E-state index contributed by atoms with van der Waals surface area (Å²) in [6.45, 7) is 3.23. The van der Waals surface area contributed by atoms with Crippen LogP contribution in [-0.2, 0) is 14.3 Å². The number of aryl methyl sites for hydroxylation is 1. The van der Waals surface area contributed by atoms with Crippen LogP contribution < -0.4 is 0 Å². The van der Waals surface area contributed by atoms with E-state index in [0.717, 1.165) is 5.56 Å². The van der Waals surface area contributed by atoms with Crippen LogP contribution in [0.1, 0.15) is 12.5 Å². The van der Waals surface area contributed by atoms with Gasteiger partial charge in [0.2, 0.25) is 6.04 Å². The number of azo groups is 1. The van der Waals surface area contributed by atoms with Gasteiger partial charge in [0.05, 0.1) is 12.8 Å². The molecule has 1 aromatic carbocycles. The third-order valence-corrected chi connectivity index (χ3v) is 2.13. The van der Waals surface area contributed by atoms with Gasteiger partial charge in [-0.3, -0.25) is 4.79 Å². The molecule has 90 valence electrons. The summed E-state index contributed by atoms with van der Waals surface area (Å²) in [7, 11) is 1.21. The van der Waals surface area contributed by atoms with E-state index in [2.05, 4.69) is 15.0 Å². The first-order valence-corrected chi connectivity index (χ1v) is 5.10. The fraction of sp³-hybridized carbons (Fsp3) is 0.333. The zero-order valence-electron chi connectivity index (χ0n) is 10.0. The van der Waals surface area contributed by atoms with Gasteiger partial charge < -0.3 is 4.74 Å². The summed E-state index contributed by atoms with van der Waals surface area (Å²) < 4.78 is 4.47. The van der Waals surface area contributed by atoms with Crippen LogP contribution in [0.25, 0.3) is 0 Å². The number of methoxy groups -OCH3 is 1. The Labute approximate surface area is 99.5 Å². The van der Waals surface area contributed by atoms with Gasteiger partial charge in [0, 0.05) is 0 Å². The maximum atomic E-state index is 11.2. The van der Waals surface area contributed by atoms with Crippen LogP contribution in [0.5, 0.6) is 0 Å². The second kappa shape index (κ2) is 5.89. The van der Waals surface area contributed by atoms with E-state index in [9.17, 15) is 9.59 Å². The van der Waals surface area contributed by atoms with E-state index in [1.807, 2.05) is 19.1 Å². The van der Waals surface area contributed by atoms with Crippen LogP contribution >= 0.6 is 0 Å². The predicted octanol–water partition coefficient (Wildman–Crippen LogP) is 2.21. The number of ketones is 1.